The lowest BCUT2D eigenvalue weighted by Gasteiger charge is -2.33. The van der Waals surface area contributed by atoms with E-state index in [0.29, 0.717) is 18.2 Å². The summed E-state index contributed by atoms with van der Waals surface area (Å²) in [5, 5.41) is 3.83. The van der Waals surface area contributed by atoms with E-state index >= 15 is 0 Å². The van der Waals surface area contributed by atoms with Crippen molar-refractivity contribution in [2.45, 2.75) is 32.0 Å². The summed E-state index contributed by atoms with van der Waals surface area (Å²) < 4.78 is 7.83. The summed E-state index contributed by atoms with van der Waals surface area (Å²) in [6.45, 7) is 10.7. The average molecular weight is 403 g/mol. The monoisotopic (exact) mass is 402 g/mol. The number of aryl methyl sites for hydroxylation is 1. The molecule has 1 saturated heterocycles. The zero-order valence-corrected chi connectivity index (χ0v) is 17.7. The van der Waals surface area contributed by atoms with Gasteiger partial charge in [-0.05, 0) is 24.5 Å². The van der Waals surface area contributed by atoms with E-state index in [-0.39, 0.29) is 12.0 Å². The van der Waals surface area contributed by atoms with Crippen LogP contribution in [0.3, 0.4) is 0 Å². The number of hydrogen-bond acceptors (Lipinski definition) is 5. The first-order chi connectivity index (χ1) is 13.5. The molecule has 1 aromatic carbocycles. The van der Waals surface area contributed by atoms with Crippen molar-refractivity contribution in [1.82, 2.24) is 19.8 Å². The highest BCUT2D eigenvalue weighted by Crippen LogP contribution is 2.22. The standard InChI is InChI=1S/C21H30N4O2S/c1-16(2)13-24-10-11-27-18(14-24)12-23-20(26)15-28-21-22-8-9-25(21)19-7-5-4-6-17(19)3/h4-9,16,18H,10-15H2,1-3H3,(H,23,26). The van der Waals surface area contributed by atoms with Gasteiger partial charge in [0.2, 0.25) is 5.91 Å². The fourth-order valence-electron chi connectivity index (χ4n) is 3.41. The number of rotatable bonds is 8. The lowest BCUT2D eigenvalue weighted by Crippen LogP contribution is -2.48. The highest BCUT2D eigenvalue weighted by atomic mass is 32.2. The molecule has 1 N–H and O–H groups in total. The van der Waals surface area contributed by atoms with Gasteiger partial charge < -0.3 is 10.1 Å². The molecule has 7 heteroatoms. The molecule has 2 heterocycles. The number of benzene rings is 1. The molecular weight excluding hydrogens is 372 g/mol. The van der Waals surface area contributed by atoms with Gasteiger partial charge in [-0.25, -0.2) is 4.98 Å². The van der Waals surface area contributed by atoms with Crippen LogP contribution >= 0.6 is 11.8 Å². The average Bonchev–Trinajstić information content (AvgIpc) is 3.13. The highest BCUT2D eigenvalue weighted by Gasteiger charge is 2.21. The maximum absolute atomic E-state index is 12.3. The third kappa shape index (κ3) is 5.83. The fourth-order valence-corrected chi connectivity index (χ4v) is 4.20. The van der Waals surface area contributed by atoms with Gasteiger partial charge >= 0.3 is 0 Å². The third-order valence-electron chi connectivity index (χ3n) is 4.69. The molecule has 0 bridgehead atoms. The Labute approximate surface area is 171 Å². The zero-order valence-electron chi connectivity index (χ0n) is 16.9. The summed E-state index contributed by atoms with van der Waals surface area (Å²) in [5.41, 5.74) is 2.26. The van der Waals surface area contributed by atoms with Crippen molar-refractivity contribution in [2.75, 3.05) is 38.5 Å². The van der Waals surface area contributed by atoms with Crippen molar-refractivity contribution in [3.8, 4) is 5.69 Å². The summed E-state index contributed by atoms with van der Waals surface area (Å²) >= 11 is 1.45. The lowest BCUT2D eigenvalue weighted by molar-refractivity contribution is -0.119. The van der Waals surface area contributed by atoms with Crippen LogP contribution in [-0.2, 0) is 9.53 Å². The largest absolute Gasteiger partial charge is 0.374 e. The molecule has 0 radical (unpaired) electrons. The second-order valence-electron chi connectivity index (χ2n) is 7.61. The summed E-state index contributed by atoms with van der Waals surface area (Å²) in [7, 11) is 0. The lowest BCUT2D eigenvalue weighted by atomic mass is 10.2. The second-order valence-corrected chi connectivity index (χ2v) is 8.55. The van der Waals surface area contributed by atoms with Crippen LogP contribution in [0.15, 0.2) is 41.8 Å². The van der Waals surface area contributed by atoms with Gasteiger partial charge in [0.1, 0.15) is 0 Å². The van der Waals surface area contributed by atoms with Gasteiger partial charge in [0.05, 0.1) is 24.2 Å². The highest BCUT2D eigenvalue weighted by molar-refractivity contribution is 7.99. The molecule has 1 amide bonds. The van der Waals surface area contributed by atoms with E-state index < -0.39 is 0 Å². The number of carbonyl (C=O) groups excluding carboxylic acids is 1. The molecule has 1 aliphatic heterocycles. The van der Waals surface area contributed by atoms with E-state index in [0.717, 1.165) is 37.1 Å². The molecule has 1 fully saturated rings. The number of imidazole rings is 1. The normalized spacial score (nSPS) is 17.8. The smallest absolute Gasteiger partial charge is 0.230 e. The number of amides is 1. The van der Waals surface area contributed by atoms with Gasteiger partial charge in [-0.2, -0.15) is 0 Å². The molecule has 152 valence electrons. The number of hydrogen-bond donors (Lipinski definition) is 1. The Bertz CT molecular complexity index is 777. The molecule has 0 saturated carbocycles. The summed E-state index contributed by atoms with van der Waals surface area (Å²) in [6.07, 6.45) is 3.77. The van der Waals surface area contributed by atoms with Crippen LogP contribution in [0.4, 0.5) is 0 Å². The minimum atomic E-state index is 0.00826. The molecule has 0 spiro atoms. The number of para-hydroxylation sites is 1. The van der Waals surface area contributed by atoms with Crippen molar-refractivity contribution in [3.63, 3.8) is 0 Å². The first kappa shape index (κ1) is 20.9. The first-order valence-electron chi connectivity index (χ1n) is 9.85. The quantitative estimate of drug-likeness (QED) is 0.688. The van der Waals surface area contributed by atoms with Crippen molar-refractivity contribution < 1.29 is 9.53 Å². The van der Waals surface area contributed by atoms with Crippen molar-refractivity contribution in [2.24, 2.45) is 5.92 Å². The van der Waals surface area contributed by atoms with Gasteiger partial charge in [0.25, 0.3) is 0 Å². The molecule has 1 aromatic heterocycles. The third-order valence-corrected chi connectivity index (χ3v) is 5.65. The van der Waals surface area contributed by atoms with Crippen molar-refractivity contribution >= 4 is 17.7 Å². The second kappa shape index (κ2) is 10.1. The van der Waals surface area contributed by atoms with E-state index in [4.69, 9.17) is 4.74 Å². The van der Waals surface area contributed by atoms with Gasteiger partial charge in [0.15, 0.2) is 5.16 Å². The number of nitrogens with zero attached hydrogens (tertiary/aromatic N) is 3. The number of carbonyl (C=O) groups is 1. The van der Waals surface area contributed by atoms with E-state index in [9.17, 15) is 4.79 Å². The van der Waals surface area contributed by atoms with Crippen LogP contribution in [0.25, 0.3) is 5.69 Å². The predicted molar refractivity (Wildman–Crippen MR) is 113 cm³/mol. The van der Waals surface area contributed by atoms with E-state index in [1.807, 2.05) is 22.9 Å². The molecule has 1 unspecified atom stereocenters. The van der Waals surface area contributed by atoms with Gasteiger partial charge in [-0.15, -0.1) is 0 Å². The predicted octanol–water partition coefficient (Wildman–Crippen LogP) is 2.75. The minimum Gasteiger partial charge on any atom is -0.374 e. The number of ether oxygens (including phenoxy) is 1. The Morgan fingerprint density at radius 2 is 2.21 bits per heavy atom. The van der Waals surface area contributed by atoms with Gasteiger partial charge in [-0.1, -0.05) is 43.8 Å². The van der Waals surface area contributed by atoms with E-state index in [1.165, 1.54) is 17.3 Å². The Morgan fingerprint density at radius 1 is 1.39 bits per heavy atom. The minimum absolute atomic E-state index is 0.00826. The molecule has 28 heavy (non-hydrogen) atoms. The topological polar surface area (TPSA) is 59.4 Å². The summed E-state index contributed by atoms with van der Waals surface area (Å²) in [5.74, 6) is 0.987. The molecule has 6 nitrogen and oxygen atoms in total. The molecule has 1 atom stereocenters. The molecule has 3 rings (SSSR count). The van der Waals surface area contributed by atoms with Crippen LogP contribution < -0.4 is 5.32 Å². The molecule has 0 aliphatic carbocycles. The number of nitrogens with one attached hydrogen (secondary N) is 1. The van der Waals surface area contributed by atoms with Crippen molar-refractivity contribution in [3.05, 3.63) is 42.2 Å². The van der Waals surface area contributed by atoms with Gasteiger partial charge in [-0.3, -0.25) is 14.3 Å². The maximum Gasteiger partial charge on any atom is 0.230 e. The Balaban J connectivity index is 1.47. The van der Waals surface area contributed by atoms with E-state index in [2.05, 4.69) is 48.1 Å². The summed E-state index contributed by atoms with van der Waals surface area (Å²) in [4.78, 5) is 19.1. The van der Waals surface area contributed by atoms with Crippen molar-refractivity contribution in [1.29, 1.82) is 0 Å². The molecule has 1 aliphatic rings. The van der Waals surface area contributed by atoms with Crippen LogP contribution in [0, 0.1) is 12.8 Å². The fraction of sp³-hybridized carbons (Fsp3) is 0.524. The van der Waals surface area contributed by atoms with Crippen LogP contribution in [0.5, 0.6) is 0 Å². The number of aromatic nitrogens is 2. The first-order valence-corrected chi connectivity index (χ1v) is 10.8. The SMILES string of the molecule is Cc1ccccc1-n1ccnc1SCC(=O)NCC1CN(CC(C)C)CCO1. The Kier molecular flexibility index (Phi) is 7.53. The Morgan fingerprint density at radius 3 is 3.00 bits per heavy atom. The maximum atomic E-state index is 12.3. The van der Waals surface area contributed by atoms with Crippen LogP contribution in [0.2, 0.25) is 0 Å². The van der Waals surface area contributed by atoms with Crippen LogP contribution in [-0.4, -0.2) is 65.0 Å². The number of morpholine rings is 1. The van der Waals surface area contributed by atoms with E-state index in [1.54, 1.807) is 6.20 Å². The molecule has 2 aromatic rings. The van der Waals surface area contributed by atoms with Gasteiger partial charge in [0, 0.05) is 38.6 Å². The van der Waals surface area contributed by atoms with Crippen LogP contribution in [0.1, 0.15) is 19.4 Å². The Hall–Kier alpha value is -1.83. The molecular formula is C21H30N4O2S. The zero-order chi connectivity index (χ0) is 19.9. The number of thioether (sulfide) groups is 1. The summed E-state index contributed by atoms with van der Waals surface area (Å²) in [6, 6.07) is 8.16.